The molecule has 1 atom stereocenters. The van der Waals surface area contributed by atoms with E-state index in [1.165, 1.54) is 15.6 Å². The van der Waals surface area contributed by atoms with E-state index in [-0.39, 0.29) is 6.61 Å². The van der Waals surface area contributed by atoms with Crippen LogP contribution in [0.4, 0.5) is 5.69 Å². The van der Waals surface area contributed by atoms with Crippen LogP contribution in [-0.4, -0.2) is 18.3 Å². The molecule has 0 heterocycles. The first-order valence-electron chi connectivity index (χ1n) is 7.52. The Morgan fingerprint density at radius 3 is 2.86 bits per heavy atom. The van der Waals surface area contributed by atoms with E-state index in [0.717, 1.165) is 29.1 Å². The molecular weight excluding hydrogens is 362 g/mol. The molecule has 22 heavy (non-hydrogen) atoms. The molecule has 0 amide bonds. The number of aryl methyl sites for hydroxylation is 1. The van der Waals surface area contributed by atoms with Gasteiger partial charge in [0.25, 0.3) is 0 Å². The number of aliphatic hydroxyl groups excluding tert-OH is 1. The molecule has 2 aromatic rings. The second-order valence-electron chi connectivity index (χ2n) is 5.71. The Hall–Kier alpha value is -1.03. The molecular formula is C18H19BrClNO. The van der Waals surface area contributed by atoms with Crippen LogP contribution >= 0.6 is 27.5 Å². The Bertz CT molecular complexity index is 689. The van der Waals surface area contributed by atoms with Crippen molar-refractivity contribution in [3.63, 3.8) is 0 Å². The van der Waals surface area contributed by atoms with Crippen molar-refractivity contribution in [3.05, 3.63) is 62.6 Å². The van der Waals surface area contributed by atoms with Gasteiger partial charge in [-0.05, 0) is 60.7 Å². The molecule has 0 saturated carbocycles. The molecule has 1 aliphatic rings. The molecule has 1 aliphatic carbocycles. The molecule has 0 radical (unpaired) electrons. The number of fused-ring (bicyclic) bond motifs is 1. The predicted octanol–water partition coefficient (Wildman–Crippen LogP) is 4.90. The molecule has 4 heteroatoms. The van der Waals surface area contributed by atoms with E-state index >= 15 is 0 Å². The lowest BCUT2D eigenvalue weighted by Crippen LogP contribution is -2.30. The summed E-state index contributed by atoms with van der Waals surface area (Å²) in [4.78, 5) is 2.29. The van der Waals surface area contributed by atoms with Crippen LogP contribution < -0.4 is 4.90 Å². The van der Waals surface area contributed by atoms with Gasteiger partial charge in [-0.3, -0.25) is 0 Å². The summed E-state index contributed by atoms with van der Waals surface area (Å²) >= 11 is 9.80. The van der Waals surface area contributed by atoms with Gasteiger partial charge in [-0.2, -0.15) is 0 Å². The van der Waals surface area contributed by atoms with Gasteiger partial charge in [0.15, 0.2) is 0 Å². The third kappa shape index (κ3) is 2.90. The largest absolute Gasteiger partial charge is 0.395 e. The number of nitrogens with zero attached hydrogens (tertiary/aromatic N) is 1. The van der Waals surface area contributed by atoms with E-state index in [0.29, 0.717) is 12.6 Å². The summed E-state index contributed by atoms with van der Waals surface area (Å²) in [7, 11) is 0. The van der Waals surface area contributed by atoms with Crippen molar-refractivity contribution in [3.8, 4) is 0 Å². The summed E-state index contributed by atoms with van der Waals surface area (Å²) < 4.78 is 1.18. The van der Waals surface area contributed by atoms with Gasteiger partial charge < -0.3 is 10.0 Å². The van der Waals surface area contributed by atoms with Gasteiger partial charge in [0, 0.05) is 21.7 Å². The summed E-state index contributed by atoms with van der Waals surface area (Å²) in [6.07, 6.45) is 2.13. The number of benzene rings is 2. The van der Waals surface area contributed by atoms with E-state index in [2.05, 4.69) is 45.1 Å². The average Bonchev–Trinajstić information content (AvgIpc) is 2.93. The molecule has 0 spiro atoms. The van der Waals surface area contributed by atoms with Crippen LogP contribution in [0, 0.1) is 6.92 Å². The van der Waals surface area contributed by atoms with Gasteiger partial charge in [-0.15, -0.1) is 0 Å². The van der Waals surface area contributed by atoms with Gasteiger partial charge >= 0.3 is 0 Å². The van der Waals surface area contributed by atoms with E-state index < -0.39 is 0 Å². The first kappa shape index (κ1) is 15.9. The van der Waals surface area contributed by atoms with E-state index in [1.54, 1.807) is 0 Å². The number of hydrogen-bond donors (Lipinski definition) is 1. The van der Waals surface area contributed by atoms with E-state index in [4.69, 9.17) is 11.6 Å². The Kier molecular flexibility index (Phi) is 4.76. The second-order valence-corrected chi connectivity index (χ2v) is 6.97. The fourth-order valence-corrected chi connectivity index (χ4v) is 3.99. The monoisotopic (exact) mass is 379 g/mol. The minimum atomic E-state index is 0.140. The maximum atomic E-state index is 9.51. The number of rotatable bonds is 4. The Balaban J connectivity index is 2.00. The van der Waals surface area contributed by atoms with Gasteiger partial charge in [0.1, 0.15) is 0 Å². The van der Waals surface area contributed by atoms with Crippen molar-refractivity contribution in [2.75, 3.05) is 18.1 Å². The zero-order chi connectivity index (χ0) is 15.7. The summed E-state index contributed by atoms with van der Waals surface area (Å²) in [6.45, 7) is 2.78. The van der Waals surface area contributed by atoms with E-state index in [9.17, 15) is 5.11 Å². The molecule has 1 unspecified atom stereocenters. The number of halogens is 2. The van der Waals surface area contributed by atoms with Gasteiger partial charge in [-0.25, -0.2) is 0 Å². The van der Waals surface area contributed by atoms with Gasteiger partial charge in [0.05, 0.1) is 12.6 Å². The first-order chi connectivity index (χ1) is 10.6. The lowest BCUT2D eigenvalue weighted by atomic mass is 10.1. The summed E-state index contributed by atoms with van der Waals surface area (Å²) in [5.41, 5.74) is 4.93. The molecule has 2 aromatic carbocycles. The standard InChI is InChI=1S/C18H19BrClNO/c1-12-11-13(5-7-17(12)20)21(9-10-22)18-8-6-14-15(18)3-2-4-16(14)19/h2-5,7,11,18,22H,6,8-10H2,1H3. The van der Waals surface area contributed by atoms with Gasteiger partial charge in [-0.1, -0.05) is 39.7 Å². The summed E-state index contributed by atoms with van der Waals surface area (Å²) in [5.74, 6) is 0. The number of anilines is 1. The van der Waals surface area contributed by atoms with Crippen molar-refractivity contribution >= 4 is 33.2 Å². The first-order valence-corrected chi connectivity index (χ1v) is 8.70. The quantitative estimate of drug-likeness (QED) is 0.815. The fraction of sp³-hybridized carbons (Fsp3) is 0.333. The van der Waals surface area contributed by atoms with Crippen molar-refractivity contribution in [1.29, 1.82) is 0 Å². The minimum Gasteiger partial charge on any atom is -0.395 e. The molecule has 0 bridgehead atoms. The highest BCUT2D eigenvalue weighted by Gasteiger charge is 2.29. The third-order valence-corrected chi connectivity index (χ3v) is 5.54. The van der Waals surface area contributed by atoms with Crippen molar-refractivity contribution < 1.29 is 5.11 Å². The van der Waals surface area contributed by atoms with Crippen LogP contribution in [0.1, 0.15) is 29.2 Å². The Labute approximate surface area is 144 Å². The van der Waals surface area contributed by atoms with Crippen LogP contribution in [0.2, 0.25) is 5.02 Å². The normalized spacial score (nSPS) is 16.6. The summed E-state index contributed by atoms with van der Waals surface area (Å²) in [5, 5.41) is 10.3. The predicted molar refractivity (Wildman–Crippen MR) is 95.8 cm³/mol. The molecule has 0 aliphatic heterocycles. The fourth-order valence-electron chi connectivity index (χ4n) is 3.29. The Morgan fingerprint density at radius 2 is 2.14 bits per heavy atom. The molecule has 2 nitrogen and oxygen atoms in total. The highest BCUT2D eigenvalue weighted by atomic mass is 79.9. The third-order valence-electron chi connectivity index (χ3n) is 4.37. The smallest absolute Gasteiger partial charge is 0.0606 e. The van der Waals surface area contributed by atoms with Crippen molar-refractivity contribution in [1.82, 2.24) is 0 Å². The van der Waals surface area contributed by atoms with E-state index in [1.807, 2.05) is 19.1 Å². The van der Waals surface area contributed by atoms with Crippen LogP contribution in [0.3, 0.4) is 0 Å². The van der Waals surface area contributed by atoms with Gasteiger partial charge in [0.2, 0.25) is 0 Å². The van der Waals surface area contributed by atoms with Crippen LogP contribution in [0.25, 0.3) is 0 Å². The molecule has 3 rings (SSSR count). The minimum absolute atomic E-state index is 0.140. The average molecular weight is 381 g/mol. The Morgan fingerprint density at radius 1 is 1.32 bits per heavy atom. The summed E-state index contributed by atoms with van der Waals surface area (Å²) in [6, 6.07) is 12.8. The maximum Gasteiger partial charge on any atom is 0.0606 e. The van der Waals surface area contributed by atoms with Crippen LogP contribution in [-0.2, 0) is 6.42 Å². The molecule has 116 valence electrons. The molecule has 1 N–H and O–H groups in total. The highest BCUT2D eigenvalue weighted by Crippen LogP contribution is 2.41. The van der Waals surface area contributed by atoms with Crippen molar-refractivity contribution in [2.24, 2.45) is 0 Å². The lowest BCUT2D eigenvalue weighted by molar-refractivity contribution is 0.297. The maximum absolute atomic E-state index is 9.51. The lowest BCUT2D eigenvalue weighted by Gasteiger charge is -2.32. The molecule has 0 aromatic heterocycles. The molecule has 0 saturated heterocycles. The van der Waals surface area contributed by atoms with Crippen LogP contribution in [0.15, 0.2) is 40.9 Å². The second kappa shape index (κ2) is 6.61. The number of hydrogen-bond acceptors (Lipinski definition) is 2. The van der Waals surface area contributed by atoms with Crippen LogP contribution in [0.5, 0.6) is 0 Å². The SMILES string of the molecule is Cc1cc(N(CCO)C2CCc3c(Br)cccc32)ccc1Cl. The zero-order valence-electron chi connectivity index (χ0n) is 12.5. The zero-order valence-corrected chi connectivity index (χ0v) is 14.9. The molecule has 0 fully saturated rings. The number of aliphatic hydroxyl groups is 1. The topological polar surface area (TPSA) is 23.5 Å². The van der Waals surface area contributed by atoms with Crippen molar-refractivity contribution in [2.45, 2.75) is 25.8 Å². The highest BCUT2D eigenvalue weighted by molar-refractivity contribution is 9.10.